The summed E-state index contributed by atoms with van der Waals surface area (Å²) in [5.74, 6) is 1.35. The third-order valence-corrected chi connectivity index (χ3v) is 4.28. The average molecular weight is 372 g/mol. The fourth-order valence-electron chi connectivity index (χ4n) is 3.27. The van der Waals surface area contributed by atoms with Crippen molar-refractivity contribution in [1.29, 1.82) is 0 Å². The number of halogens is 1. The number of aliphatic hydroxyl groups is 1. The molecule has 0 spiro atoms. The molecular weight excluding hydrogens is 334 g/mol. The fourth-order valence-corrected chi connectivity index (χ4v) is 3.27. The summed E-state index contributed by atoms with van der Waals surface area (Å²) in [6.07, 6.45) is 1.60. The zero-order chi connectivity index (χ0) is 18.4. The van der Waals surface area contributed by atoms with Gasteiger partial charge in [-0.2, -0.15) is 0 Å². The second-order valence-corrected chi connectivity index (χ2v) is 8.81. The molecule has 0 aliphatic heterocycles. The molecule has 0 aliphatic rings. The van der Waals surface area contributed by atoms with Crippen molar-refractivity contribution in [3.05, 3.63) is 29.8 Å². The van der Waals surface area contributed by atoms with Gasteiger partial charge in [-0.25, -0.2) is 0 Å². The summed E-state index contributed by atoms with van der Waals surface area (Å²) >= 11 is 0. The largest absolute Gasteiger partial charge is 0.491 e. The molecule has 0 radical (unpaired) electrons. The van der Waals surface area contributed by atoms with Gasteiger partial charge in [0.2, 0.25) is 0 Å². The number of nitrogens with one attached hydrogen (secondary N) is 1. The first-order valence-electron chi connectivity index (χ1n) is 9.19. The Hall–Kier alpha value is -0.770. The Kier molecular flexibility index (Phi) is 10.1. The standard InChI is InChI=1S/C21H37NO2.ClH/c1-8-16(2)18-11-9-10-12-19(18)24-14-17(23)13-22-21(6,7)15-20(3,4)5;/h9-12,16-17,22-23H,8,13-15H2,1-7H3;1H. The van der Waals surface area contributed by atoms with Gasteiger partial charge in [0.1, 0.15) is 18.5 Å². The van der Waals surface area contributed by atoms with E-state index in [9.17, 15) is 5.11 Å². The summed E-state index contributed by atoms with van der Waals surface area (Å²) in [6.45, 7) is 16.3. The molecule has 0 aromatic heterocycles. The lowest BCUT2D eigenvalue weighted by Gasteiger charge is -2.34. The normalized spacial score (nSPS) is 14.6. The summed E-state index contributed by atoms with van der Waals surface area (Å²) in [5.41, 5.74) is 1.47. The van der Waals surface area contributed by atoms with Crippen LogP contribution < -0.4 is 10.1 Å². The van der Waals surface area contributed by atoms with Crippen molar-refractivity contribution < 1.29 is 9.84 Å². The third-order valence-electron chi connectivity index (χ3n) is 4.28. The second-order valence-electron chi connectivity index (χ2n) is 8.81. The second kappa shape index (κ2) is 10.4. The van der Waals surface area contributed by atoms with Gasteiger partial charge in [0.05, 0.1) is 0 Å². The van der Waals surface area contributed by atoms with E-state index in [4.69, 9.17) is 4.74 Å². The van der Waals surface area contributed by atoms with Gasteiger partial charge < -0.3 is 15.2 Å². The molecule has 2 atom stereocenters. The van der Waals surface area contributed by atoms with Crippen molar-refractivity contribution in [2.24, 2.45) is 5.41 Å². The van der Waals surface area contributed by atoms with Crippen LogP contribution in [0.5, 0.6) is 5.75 Å². The van der Waals surface area contributed by atoms with E-state index in [2.05, 4.69) is 59.8 Å². The molecular formula is C21H38ClNO2. The maximum absolute atomic E-state index is 10.3. The molecule has 0 fully saturated rings. The predicted octanol–water partition coefficient (Wildman–Crippen LogP) is 5.17. The highest BCUT2D eigenvalue weighted by Crippen LogP contribution is 2.29. The first-order chi connectivity index (χ1) is 11.0. The quantitative estimate of drug-likeness (QED) is 0.629. The Morgan fingerprint density at radius 3 is 2.28 bits per heavy atom. The number of hydrogen-bond acceptors (Lipinski definition) is 3. The van der Waals surface area contributed by atoms with Crippen molar-refractivity contribution in [3.63, 3.8) is 0 Å². The Labute approximate surface area is 161 Å². The van der Waals surface area contributed by atoms with Crippen LogP contribution in [-0.4, -0.2) is 29.9 Å². The van der Waals surface area contributed by atoms with Gasteiger partial charge in [-0.05, 0) is 49.7 Å². The van der Waals surface area contributed by atoms with Crippen molar-refractivity contribution >= 4 is 12.4 Å². The van der Waals surface area contributed by atoms with Gasteiger partial charge in [-0.1, -0.05) is 52.8 Å². The molecule has 2 unspecified atom stereocenters. The van der Waals surface area contributed by atoms with Gasteiger partial charge in [-0.15, -0.1) is 12.4 Å². The summed E-state index contributed by atoms with van der Waals surface area (Å²) in [6, 6.07) is 8.13. The maximum Gasteiger partial charge on any atom is 0.122 e. The van der Waals surface area contributed by atoms with Crippen LogP contribution in [-0.2, 0) is 0 Å². The third kappa shape index (κ3) is 9.48. The number of hydrogen-bond donors (Lipinski definition) is 2. The molecule has 3 nitrogen and oxygen atoms in total. The van der Waals surface area contributed by atoms with E-state index >= 15 is 0 Å². The molecule has 0 aliphatic carbocycles. The van der Waals surface area contributed by atoms with Gasteiger partial charge in [0.25, 0.3) is 0 Å². The Morgan fingerprint density at radius 1 is 1.12 bits per heavy atom. The number of benzene rings is 1. The minimum Gasteiger partial charge on any atom is -0.491 e. The first-order valence-corrected chi connectivity index (χ1v) is 9.19. The topological polar surface area (TPSA) is 41.5 Å². The van der Waals surface area contributed by atoms with E-state index in [1.807, 2.05) is 18.2 Å². The minimum atomic E-state index is -0.519. The number of rotatable bonds is 9. The van der Waals surface area contributed by atoms with E-state index < -0.39 is 6.10 Å². The first kappa shape index (κ1) is 24.2. The number of ether oxygens (including phenoxy) is 1. The predicted molar refractivity (Wildman–Crippen MR) is 110 cm³/mol. The molecule has 0 amide bonds. The Balaban J connectivity index is 0.00000576. The molecule has 146 valence electrons. The molecule has 1 aromatic carbocycles. The number of para-hydroxylation sites is 1. The lowest BCUT2D eigenvalue weighted by atomic mass is 9.82. The van der Waals surface area contributed by atoms with Crippen molar-refractivity contribution in [3.8, 4) is 5.75 Å². The fraction of sp³-hybridized carbons (Fsp3) is 0.714. The van der Waals surface area contributed by atoms with Crippen LogP contribution in [0.2, 0.25) is 0 Å². The van der Waals surface area contributed by atoms with Gasteiger partial charge in [0.15, 0.2) is 0 Å². The van der Waals surface area contributed by atoms with E-state index in [0.717, 1.165) is 18.6 Å². The lowest BCUT2D eigenvalue weighted by Crippen LogP contribution is -2.46. The molecule has 25 heavy (non-hydrogen) atoms. The van der Waals surface area contributed by atoms with E-state index in [0.29, 0.717) is 19.1 Å². The van der Waals surface area contributed by atoms with Crippen LogP contribution in [0.3, 0.4) is 0 Å². The Morgan fingerprint density at radius 2 is 1.72 bits per heavy atom. The smallest absolute Gasteiger partial charge is 0.122 e. The number of aliphatic hydroxyl groups excluding tert-OH is 1. The molecule has 2 N–H and O–H groups in total. The van der Waals surface area contributed by atoms with Crippen LogP contribution in [0.15, 0.2) is 24.3 Å². The molecule has 0 heterocycles. The van der Waals surface area contributed by atoms with Gasteiger partial charge >= 0.3 is 0 Å². The lowest BCUT2D eigenvalue weighted by molar-refractivity contribution is 0.0938. The monoisotopic (exact) mass is 371 g/mol. The van der Waals surface area contributed by atoms with Crippen LogP contribution >= 0.6 is 12.4 Å². The molecule has 4 heteroatoms. The molecule has 1 rings (SSSR count). The highest BCUT2D eigenvalue weighted by molar-refractivity contribution is 5.85. The van der Waals surface area contributed by atoms with Crippen molar-refractivity contribution in [2.45, 2.75) is 78.9 Å². The summed E-state index contributed by atoms with van der Waals surface area (Å²) in [5, 5.41) is 13.7. The van der Waals surface area contributed by atoms with E-state index in [1.54, 1.807) is 0 Å². The van der Waals surface area contributed by atoms with Crippen LogP contribution in [0.25, 0.3) is 0 Å². The van der Waals surface area contributed by atoms with Crippen LogP contribution in [0.1, 0.15) is 72.8 Å². The minimum absolute atomic E-state index is 0. The van der Waals surface area contributed by atoms with Crippen molar-refractivity contribution in [2.75, 3.05) is 13.2 Å². The summed E-state index contributed by atoms with van der Waals surface area (Å²) in [7, 11) is 0. The summed E-state index contributed by atoms with van der Waals surface area (Å²) in [4.78, 5) is 0. The average Bonchev–Trinajstić information content (AvgIpc) is 2.48. The molecule has 0 saturated carbocycles. The summed E-state index contributed by atoms with van der Waals surface area (Å²) < 4.78 is 5.90. The molecule has 0 bridgehead atoms. The number of β-amino-alcohol motifs (C(OH)–C–C–N with tert-alkyl or cyclic N) is 1. The van der Waals surface area contributed by atoms with Gasteiger partial charge in [-0.3, -0.25) is 0 Å². The van der Waals surface area contributed by atoms with Crippen molar-refractivity contribution in [1.82, 2.24) is 5.32 Å². The van der Waals surface area contributed by atoms with Gasteiger partial charge in [0, 0.05) is 12.1 Å². The van der Waals surface area contributed by atoms with Crippen LogP contribution in [0.4, 0.5) is 0 Å². The van der Waals surface area contributed by atoms with Crippen LogP contribution in [0, 0.1) is 5.41 Å². The van der Waals surface area contributed by atoms with E-state index in [-0.39, 0.29) is 23.4 Å². The maximum atomic E-state index is 10.3. The zero-order valence-corrected chi connectivity index (χ0v) is 17.9. The highest BCUT2D eigenvalue weighted by atomic mass is 35.5. The SMILES string of the molecule is CCC(C)c1ccccc1OCC(O)CNC(C)(C)CC(C)(C)C.Cl. The Bertz CT molecular complexity index is 497. The molecule has 1 aromatic rings. The molecule has 0 saturated heterocycles. The highest BCUT2D eigenvalue weighted by Gasteiger charge is 2.25. The zero-order valence-electron chi connectivity index (χ0n) is 17.1. The van der Waals surface area contributed by atoms with E-state index in [1.165, 1.54) is 5.56 Å².